The molecule has 0 radical (unpaired) electrons. The molecular formula is C16H22ClN5. The molecule has 1 aliphatic heterocycles. The molecule has 1 atom stereocenters. The van der Waals surface area contributed by atoms with Gasteiger partial charge < -0.3 is 16.0 Å². The average molecular weight is 320 g/mol. The lowest BCUT2D eigenvalue weighted by Crippen LogP contribution is -2.38. The molecule has 1 aromatic carbocycles. The smallest absolute Gasteiger partial charge is 0.170 e. The summed E-state index contributed by atoms with van der Waals surface area (Å²) < 4.78 is 0. The van der Waals surface area contributed by atoms with Crippen LogP contribution in [0, 0.1) is 0 Å². The Hall–Kier alpha value is -1.59. The van der Waals surface area contributed by atoms with Crippen LogP contribution in [0.15, 0.2) is 24.3 Å². The van der Waals surface area contributed by atoms with Gasteiger partial charge in [0.2, 0.25) is 0 Å². The lowest BCUT2D eigenvalue weighted by atomic mass is 10.1. The Balaban J connectivity index is 0.00000144. The first-order valence-corrected chi connectivity index (χ1v) is 7.89. The van der Waals surface area contributed by atoms with Crippen LogP contribution < -0.4 is 16.0 Å². The van der Waals surface area contributed by atoms with E-state index < -0.39 is 0 Å². The van der Waals surface area contributed by atoms with Gasteiger partial charge in [-0.05, 0) is 44.4 Å². The quantitative estimate of drug-likeness (QED) is 0.809. The molecule has 1 saturated heterocycles. The third-order valence-corrected chi connectivity index (χ3v) is 4.13. The zero-order valence-corrected chi connectivity index (χ0v) is 13.3. The largest absolute Gasteiger partial charge is 0.364 e. The molecule has 1 aromatic heterocycles. The molecule has 0 bridgehead atoms. The van der Waals surface area contributed by atoms with Crippen molar-refractivity contribution in [3.8, 4) is 0 Å². The normalized spacial score (nSPS) is 21.2. The van der Waals surface area contributed by atoms with Gasteiger partial charge in [0.1, 0.15) is 0 Å². The van der Waals surface area contributed by atoms with Crippen molar-refractivity contribution in [3.63, 3.8) is 0 Å². The van der Waals surface area contributed by atoms with Crippen molar-refractivity contribution in [1.29, 1.82) is 0 Å². The summed E-state index contributed by atoms with van der Waals surface area (Å²) in [6.45, 7) is 2.12. The van der Waals surface area contributed by atoms with Crippen LogP contribution in [0.1, 0.15) is 25.7 Å². The highest BCUT2D eigenvalue weighted by molar-refractivity contribution is 5.85. The first-order chi connectivity index (χ1) is 10.4. The zero-order chi connectivity index (χ0) is 14.1. The van der Waals surface area contributed by atoms with E-state index in [1.54, 1.807) is 0 Å². The van der Waals surface area contributed by atoms with Gasteiger partial charge in [0.05, 0.1) is 11.0 Å². The summed E-state index contributed by atoms with van der Waals surface area (Å²) in [5.41, 5.74) is 1.90. The van der Waals surface area contributed by atoms with E-state index >= 15 is 0 Å². The molecule has 6 heteroatoms. The van der Waals surface area contributed by atoms with Crippen LogP contribution in [0.25, 0.3) is 11.0 Å². The van der Waals surface area contributed by atoms with Crippen LogP contribution in [0.3, 0.4) is 0 Å². The van der Waals surface area contributed by atoms with Crippen molar-refractivity contribution in [2.24, 2.45) is 0 Å². The van der Waals surface area contributed by atoms with E-state index in [1.165, 1.54) is 25.7 Å². The number of rotatable bonds is 4. The summed E-state index contributed by atoms with van der Waals surface area (Å²) in [5.74, 6) is 1.80. The predicted molar refractivity (Wildman–Crippen MR) is 92.9 cm³/mol. The van der Waals surface area contributed by atoms with E-state index in [9.17, 15) is 0 Å². The van der Waals surface area contributed by atoms with E-state index in [0.717, 1.165) is 35.8 Å². The van der Waals surface area contributed by atoms with Crippen LogP contribution in [-0.2, 0) is 0 Å². The summed E-state index contributed by atoms with van der Waals surface area (Å²) in [4.78, 5) is 9.55. The van der Waals surface area contributed by atoms with Crippen LogP contribution in [0.5, 0.6) is 0 Å². The molecule has 1 aliphatic carbocycles. The zero-order valence-electron chi connectivity index (χ0n) is 12.5. The van der Waals surface area contributed by atoms with Crippen molar-refractivity contribution in [2.45, 2.75) is 37.8 Å². The van der Waals surface area contributed by atoms with Crippen molar-refractivity contribution >= 4 is 35.1 Å². The molecule has 2 aromatic rings. The fraction of sp³-hybridized carbons (Fsp3) is 0.500. The van der Waals surface area contributed by atoms with Crippen LogP contribution in [-0.4, -0.2) is 35.1 Å². The summed E-state index contributed by atoms with van der Waals surface area (Å²) >= 11 is 0. The number of benzene rings is 1. The van der Waals surface area contributed by atoms with Crippen LogP contribution in [0.4, 0.5) is 11.6 Å². The van der Waals surface area contributed by atoms with Gasteiger partial charge in [-0.3, -0.25) is 0 Å². The maximum Gasteiger partial charge on any atom is 0.170 e. The number of para-hydroxylation sites is 2. The average Bonchev–Trinajstić information content (AvgIpc) is 3.33. The van der Waals surface area contributed by atoms with Gasteiger partial charge in [0.25, 0.3) is 0 Å². The SMILES string of the molecule is Cl.c1ccc2nc(N[C@H]3CCCNC3)c(NC3CC3)nc2c1. The van der Waals surface area contributed by atoms with Crippen molar-refractivity contribution in [3.05, 3.63) is 24.3 Å². The summed E-state index contributed by atoms with van der Waals surface area (Å²) in [7, 11) is 0. The van der Waals surface area contributed by atoms with Crippen molar-refractivity contribution in [2.75, 3.05) is 23.7 Å². The number of hydrogen-bond acceptors (Lipinski definition) is 5. The highest BCUT2D eigenvalue weighted by Gasteiger charge is 2.24. The van der Waals surface area contributed by atoms with E-state index in [1.807, 2.05) is 24.3 Å². The van der Waals surface area contributed by atoms with Crippen molar-refractivity contribution < 1.29 is 0 Å². The molecule has 118 valence electrons. The number of piperidine rings is 1. The third-order valence-electron chi connectivity index (χ3n) is 4.13. The molecule has 5 nitrogen and oxygen atoms in total. The number of nitrogens with one attached hydrogen (secondary N) is 3. The molecule has 0 amide bonds. The molecule has 1 saturated carbocycles. The minimum Gasteiger partial charge on any atom is -0.364 e. The van der Waals surface area contributed by atoms with Crippen LogP contribution >= 0.6 is 12.4 Å². The van der Waals surface area contributed by atoms with Gasteiger partial charge in [-0.15, -0.1) is 12.4 Å². The van der Waals surface area contributed by atoms with E-state index in [0.29, 0.717) is 12.1 Å². The topological polar surface area (TPSA) is 61.9 Å². The monoisotopic (exact) mass is 319 g/mol. The van der Waals surface area contributed by atoms with E-state index in [2.05, 4.69) is 16.0 Å². The van der Waals surface area contributed by atoms with E-state index in [-0.39, 0.29) is 12.4 Å². The fourth-order valence-electron chi connectivity index (χ4n) is 2.79. The highest BCUT2D eigenvalue weighted by atomic mass is 35.5. The predicted octanol–water partition coefficient (Wildman–Crippen LogP) is 2.79. The Morgan fingerprint density at radius 3 is 2.09 bits per heavy atom. The van der Waals surface area contributed by atoms with Gasteiger partial charge in [0.15, 0.2) is 11.6 Å². The second kappa shape index (κ2) is 6.67. The third kappa shape index (κ3) is 3.42. The Kier molecular flexibility index (Phi) is 4.64. The standard InChI is InChI=1S/C16H21N5.ClH/c1-2-6-14-13(5-1)20-15(18-11-7-8-11)16(21-14)19-12-4-3-9-17-10-12;/h1-2,5-6,11-12,17H,3-4,7-10H2,(H,18,20)(H,19,21);1H/t12-;/m0./s1. The number of fused-ring (bicyclic) bond motifs is 1. The molecule has 2 aliphatic rings. The minimum absolute atomic E-state index is 0. The molecule has 2 heterocycles. The molecule has 22 heavy (non-hydrogen) atoms. The number of aromatic nitrogens is 2. The van der Waals surface area contributed by atoms with Crippen LogP contribution in [0.2, 0.25) is 0 Å². The molecular weight excluding hydrogens is 298 g/mol. The number of anilines is 2. The molecule has 4 rings (SSSR count). The Morgan fingerprint density at radius 2 is 1.55 bits per heavy atom. The minimum atomic E-state index is 0. The Morgan fingerprint density at radius 1 is 0.909 bits per heavy atom. The molecule has 0 unspecified atom stereocenters. The Labute approximate surface area is 136 Å². The fourth-order valence-corrected chi connectivity index (χ4v) is 2.79. The number of hydrogen-bond donors (Lipinski definition) is 3. The number of halogens is 1. The summed E-state index contributed by atoms with van der Waals surface area (Å²) in [6, 6.07) is 9.08. The highest BCUT2D eigenvalue weighted by Crippen LogP contribution is 2.29. The summed E-state index contributed by atoms with van der Waals surface area (Å²) in [5, 5.41) is 10.5. The maximum atomic E-state index is 4.79. The first-order valence-electron chi connectivity index (χ1n) is 7.89. The lowest BCUT2D eigenvalue weighted by molar-refractivity contribution is 0.479. The van der Waals surface area contributed by atoms with Crippen molar-refractivity contribution in [1.82, 2.24) is 15.3 Å². The Bertz CT molecular complexity index is 637. The maximum absolute atomic E-state index is 4.79. The van der Waals surface area contributed by atoms with Gasteiger partial charge in [0, 0.05) is 18.6 Å². The van der Waals surface area contributed by atoms with E-state index in [4.69, 9.17) is 9.97 Å². The second-order valence-electron chi connectivity index (χ2n) is 6.02. The first kappa shape index (κ1) is 15.3. The van der Waals surface area contributed by atoms with Gasteiger partial charge in [-0.1, -0.05) is 12.1 Å². The van der Waals surface area contributed by atoms with Gasteiger partial charge in [-0.25, -0.2) is 9.97 Å². The number of nitrogens with zero attached hydrogens (tertiary/aromatic N) is 2. The molecule has 2 fully saturated rings. The summed E-state index contributed by atoms with van der Waals surface area (Å²) in [6.07, 6.45) is 4.87. The molecule has 0 spiro atoms. The van der Waals surface area contributed by atoms with Gasteiger partial charge in [-0.2, -0.15) is 0 Å². The second-order valence-corrected chi connectivity index (χ2v) is 6.02. The van der Waals surface area contributed by atoms with Gasteiger partial charge >= 0.3 is 0 Å². The lowest BCUT2D eigenvalue weighted by Gasteiger charge is -2.25. The molecule has 3 N–H and O–H groups in total.